The van der Waals surface area contributed by atoms with E-state index in [1.807, 2.05) is 0 Å². The van der Waals surface area contributed by atoms with E-state index >= 15 is 0 Å². The van der Waals surface area contributed by atoms with Gasteiger partial charge in [-0.2, -0.15) is 0 Å². The van der Waals surface area contributed by atoms with Crippen molar-refractivity contribution < 1.29 is 17.9 Å². The number of hydrogen-bond donors (Lipinski definition) is 2. The quantitative estimate of drug-likeness (QED) is 0.860. The second-order valence-corrected chi connectivity index (χ2v) is 5.57. The van der Waals surface area contributed by atoms with Crippen molar-refractivity contribution in [2.24, 2.45) is 0 Å². The van der Waals surface area contributed by atoms with Crippen LogP contribution in [-0.4, -0.2) is 26.2 Å². The summed E-state index contributed by atoms with van der Waals surface area (Å²) in [5, 5.41) is 8.86. The molecule has 0 aliphatic heterocycles. The molecule has 0 spiro atoms. The highest BCUT2D eigenvalue weighted by molar-refractivity contribution is 7.89. The third kappa shape index (κ3) is 3.64. The fourth-order valence-electron chi connectivity index (χ4n) is 1.22. The Morgan fingerprint density at radius 1 is 1.53 bits per heavy atom. The van der Waals surface area contributed by atoms with Gasteiger partial charge in [-0.05, 0) is 24.6 Å². The van der Waals surface area contributed by atoms with Crippen molar-refractivity contribution in [1.82, 2.24) is 4.72 Å². The van der Waals surface area contributed by atoms with Gasteiger partial charge in [0.15, 0.2) is 0 Å². The van der Waals surface area contributed by atoms with E-state index in [2.05, 4.69) is 4.72 Å². The van der Waals surface area contributed by atoms with Gasteiger partial charge < -0.3 is 5.11 Å². The molecule has 0 radical (unpaired) electrons. The van der Waals surface area contributed by atoms with Crippen LogP contribution in [0.4, 0.5) is 4.39 Å². The summed E-state index contributed by atoms with van der Waals surface area (Å²) in [6.45, 7) is 1.39. The summed E-state index contributed by atoms with van der Waals surface area (Å²) >= 11 is 5.70. The van der Waals surface area contributed by atoms with Crippen LogP contribution in [0.3, 0.4) is 0 Å². The van der Waals surface area contributed by atoms with Gasteiger partial charge in [0.1, 0.15) is 10.7 Å². The molecule has 0 aliphatic rings. The molecule has 7 heteroatoms. The van der Waals surface area contributed by atoms with Crippen LogP contribution in [0.5, 0.6) is 0 Å². The number of nitrogens with one attached hydrogen (secondary N) is 1. The summed E-state index contributed by atoms with van der Waals surface area (Å²) in [5.41, 5.74) is 0. The number of benzene rings is 1. The van der Waals surface area contributed by atoms with Crippen LogP contribution < -0.4 is 4.72 Å². The molecule has 0 bridgehead atoms. The molecule has 2 N–H and O–H groups in total. The summed E-state index contributed by atoms with van der Waals surface area (Å²) in [6.07, 6.45) is 0.419. The van der Waals surface area contributed by atoms with Gasteiger partial charge in [-0.25, -0.2) is 17.5 Å². The highest BCUT2D eigenvalue weighted by atomic mass is 35.5. The summed E-state index contributed by atoms with van der Waals surface area (Å²) in [5.74, 6) is -0.688. The highest BCUT2D eigenvalue weighted by Crippen LogP contribution is 2.22. The predicted molar refractivity (Wildman–Crippen MR) is 62.9 cm³/mol. The fraction of sp³-hybridized carbons (Fsp3) is 0.400. The minimum Gasteiger partial charge on any atom is -0.395 e. The van der Waals surface area contributed by atoms with E-state index in [1.165, 1.54) is 6.07 Å². The number of rotatable bonds is 5. The lowest BCUT2D eigenvalue weighted by Crippen LogP contribution is -2.37. The predicted octanol–water partition coefficient (Wildman–Crippen LogP) is 1.53. The van der Waals surface area contributed by atoms with Crippen molar-refractivity contribution in [3.63, 3.8) is 0 Å². The van der Waals surface area contributed by atoms with E-state index in [0.717, 1.165) is 12.1 Å². The van der Waals surface area contributed by atoms with Gasteiger partial charge in [0.2, 0.25) is 10.0 Å². The Morgan fingerprint density at radius 3 is 2.71 bits per heavy atom. The van der Waals surface area contributed by atoms with Crippen LogP contribution in [0.15, 0.2) is 23.1 Å². The molecule has 1 aromatic carbocycles. The second-order valence-electron chi connectivity index (χ2n) is 3.48. The Morgan fingerprint density at radius 2 is 2.18 bits per heavy atom. The Hall–Kier alpha value is -0.690. The van der Waals surface area contributed by atoms with E-state index in [1.54, 1.807) is 6.92 Å². The molecule has 96 valence electrons. The molecule has 1 aromatic rings. The maximum atomic E-state index is 13.0. The molecule has 0 aliphatic carbocycles. The highest BCUT2D eigenvalue weighted by Gasteiger charge is 2.21. The van der Waals surface area contributed by atoms with Gasteiger partial charge in [0, 0.05) is 6.04 Å². The van der Waals surface area contributed by atoms with Crippen LogP contribution in [0.25, 0.3) is 0 Å². The molecule has 0 fully saturated rings. The summed E-state index contributed by atoms with van der Waals surface area (Å²) in [6, 6.07) is 2.48. The zero-order chi connectivity index (χ0) is 13.1. The standard InChI is InChI=1S/C10H13ClFNO3S/c1-2-8(6-14)13-17(15,16)10-5-7(12)3-4-9(10)11/h3-5,8,13-14H,2,6H2,1H3/t8-/m0/s1. The van der Waals surface area contributed by atoms with Crippen molar-refractivity contribution in [2.45, 2.75) is 24.3 Å². The van der Waals surface area contributed by atoms with Crippen molar-refractivity contribution in [3.8, 4) is 0 Å². The molecule has 0 saturated carbocycles. The van der Waals surface area contributed by atoms with Crippen molar-refractivity contribution in [2.75, 3.05) is 6.61 Å². The van der Waals surface area contributed by atoms with Gasteiger partial charge in [0.05, 0.1) is 11.6 Å². The Bertz CT molecular complexity index is 488. The van der Waals surface area contributed by atoms with Crippen LogP contribution >= 0.6 is 11.6 Å². The molecule has 0 amide bonds. The zero-order valence-electron chi connectivity index (χ0n) is 9.15. The lowest BCUT2D eigenvalue weighted by molar-refractivity contribution is 0.254. The minimum atomic E-state index is -3.92. The maximum Gasteiger partial charge on any atom is 0.242 e. The fourth-order valence-corrected chi connectivity index (χ4v) is 3.04. The molecule has 1 rings (SSSR count). The van der Waals surface area contributed by atoms with Gasteiger partial charge >= 0.3 is 0 Å². The minimum absolute atomic E-state index is 0.0632. The lowest BCUT2D eigenvalue weighted by Gasteiger charge is -2.15. The number of aliphatic hydroxyl groups is 1. The molecule has 17 heavy (non-hydrogen) atoms. The van der Waals surface area contributed by atoms with Crippen LogP contribution in [-0.2, 0) is 10.0 Å². The van der Waals surface area contributed by atoms with E-state index in [0.29, 0.717) is 6.42 Å². The molecule has 1 atom stereocenters. The molecular formula is C10H13ClFNO3S. The number of halogens is 2. The molecule has 0 saturated heterocycles. The Kier molecular flexibility index (Phi) is 4.88. The summed E-state index contributed by atoms with van der Waals surface area (Å²) < 4.78 is 38.9. The van der Waals surface area contributed by atoms with E-state index in [9.17, 15) is 12.8 Å². The monoisotopic (exact) mass is 281 g/mol. The van der Waals surface area contributed by atoms with Crippen molar-refractivity contribution >= 4 is 21.6 Å². The third-order valence-electron chi connectivity index (χ3n) is 2.22. The molecule has 0 heterocycles. The van der Waals surface area contributed by atoms with E-state index in [4.69, 9.17) is 16.7 Å². The van der Waals surface area contributed by atoms with Gasteiger partial charge in [-0.3, -0.25) is 0 Å². The molecule has 4 nitrogen and oxygen atoms in total. The largest absolute Gasteiger partial charge is 0.395 e. The zero-order valence-corrected chi connectivity index (χ0v) is 10.7. The number of aliphatic hydroxyl groups excluding tert-OH is 1. The Balaban J connectivity index is 3.09. The third-order valence-corrected chi connectivity index (χ3v) is 4.22. The van der Waals surface area contributed by atoms with Crippen LogP contribution in [0.1, 0.15) is 13.3 Å². The van der Waals surface area contributed by atoms with Gasteiger partial charge in [-0.1, -0.05) is 18.5 Å². The number of hydrogen-bond acceptors (Lipinski definition) is 3. The molecular weight excluding hydrogens is 269 g/mol. The SMILES string of the molecule is CC[C@@H](CO)NS(=O)(=O)c1cc(F)ccc1Cl. The summed E-state index contributed by atoms with van der Waals surface area (Å²) in [4.78, 5) is -0.328. The first-order valence-electron chi connectivity index (χ1n) is 4.99. The molecule has 0 unspecified atom stereocenters. The van der Waals surface area contributed by atoms with Gasteiger partial charge in [-0.15, -0.1) is 0 Å². The summed E-state index contributed by atoms with van der Waals surface area (Å²) in [7, 11) is -3.92. The average Bonchev–Trinajstić information content (AvgIpc) is 2.29. The second kappa shape index (κ2) is 5.77. The normalized spacial score (nSPS) is 13.6. The molecule has 0 aromatic heterocycles. The smallest absolute Gasteiger partial charge is 0.242 e. The van der Waals surface area contributed by atoms with Crippen LogP contribution in [0.2, 0.25) is 5.02 Å². The Labute approximate surface area is 104 Å². The van der Waals surface area contributed by atoms with E-state index in [-0.39, 0.29) is 16.5 Å². The van der Waals surface area contributed by atoms with E-state index < -0.39 is 21.9 Å². The van der Waals surface area contributed by atoms with Gasteiger partial charge in [0.25, 0.3) is 0 Å². The van der Waals surface area contributed by atoms with Crippen LogP contribution in [0, 0.1) is 5.82 Å². The average molecular weight is 282 g/mol. The first kappa shape index (κ1) is 14.4. The number of sulfonamides is 1. The van der Waals surface area contributed by atoms with Crippen molar-refractivity contribution in [3.05, 3.63) is 29.0 Å². The maximum absolute atomic E-state index is 13.0. The first-order chi connectivity index (χ1) is 7.90. The lowest BCUT2D eigenvalue weighted by atomic mass is 10.3. The topological polar surface area (TPSA) is 66.4 Å². The van der Waals surface area contributed by atoms with Crippen molar-refractivity contribution in [1.29, 1.82) is 0 Å². The first-order valence-corrected chi connectivity index (χ1v) is 6.85.